The number of carbonyl (C=O) groups excluding carboxylic acids is 1. The van der Waals surface area contributed by atoms with Gasteiger partial charge >= 0.3 is 5.82 Å². The summed E-state index contributed by atoms with van der Waals surface area (Å²) in [5.74, 6) is -0.497. The molecule has 0 spiro atoms. The smallest absolute Gasteiger partial charge is 0.321 e. The number of hydrogen-bond acceptors (Lipinski definition) is 3. The number of nitrogens with zero attached hydrogens (tertiary/aromatic N) is 1. The SMILES string of the molecule is CC(CCCBr)NC(=O)c1ccc([N+](=O)[O-])[nH]1. The van der Waals surface area contributed by atoms with Crippen molar-refractivity contribution in [3.63, 3.8) is 0 Å². The lowest BCUT2D eigenvalue weighted by Gasteiger charge is -2.11. The van der Waals surface area contributed by atoms with Gasteiger partial charge < -0.3 is 15.4 Å². The maximum Gasteiger partial charge on any atom is 0.321 e. The molecule has 1 unspecified atom stereocenters. The molecule has 1 atom stereocenters. The normalized spacial score (nSPS) is 12.1. The van der Waals surface area contributed by atoms with Gasteiger partial charge in [-0.25, -0.2) is 4.98 Å². The third-order valence-corrected chi connectivity index (χ3v) is 2.82. The van der Waals surface area contributed by atoms with E-state index in [0.717, 1.165) is 18.2 Å². The van der Waals surface area contributed by atoms with E-state index in [1.807, 2.05) is 6.92 Å². The van der Waals surface area contributed by atoms with Crippen LogP contribution in [0.5, 0.6) is 0 Å². The Morgan fingerprint density at radius 2 is 2.35 bits per heavy atom. The molecule has 0 aliphatic heterocycles. The maximum atomic E-state index is 11.7. The van der Waals surface area contributed by atoms with E-state index in [1.54, 1.807) is 0 Å². The molecule has 0 aliphatic carbocycles. The van der Waals surface area contributed by atoms with Crippen LogP contribution in [-0.4, -0.2) is 27.2 Å². The summed E-state index contributed by atoms with van der Waals surface area (Å²) >= 11 is 3.31. The van der Waals surface area contributed by atoms with Gasteiger partial charge in [-0.1, -0.05) is 15.9 Å². The number of H-pyrrole nitrogens is 1. The van der Waals surface area contributed by atoms with Crippen LogP contribution in [0.3, 0.4) is 0 Å². The van der Waals surface area contributed by atoms with Crippen LogP contribution in [0.4, 0.5) is 5.82 Å². The Labute approximate surface area is 107 Å². The predicted molar refractivity (Wildman–Crippen MR) is 67.4 cm³/mol. The molecule has 0 saturated carbocycles. The number of nitro groups is 1. The van der Waals surface area contributed by atoms with Crippen molar-refractivity contribution < 1.29 is 9.72 Å². The van der Waals surface area contributed by atoms with Crippen molar-refractivity contribution in [3.8, 4) is 0 Å². The first-order valence-corrected chi connectivity index (χ1v) is 6.37. The summed E-state index contributed by atoms with van der Waals surface area (Å²) in [5, 5.41) is 14.1. The molecule has 0 fully saturated rings. The fourth-order valence-corrected chi connectivity index (χ4v) is 1.70. The maximum absolute atomic E-state index is 11.7. The zero-order valence-corrected chi connectivity index (χ0v) is 11.0. The quantitative estimate of drug-likeness (QED) is 0.480. The van der Waals surface area contributed by atoms with E-state index in [-0.39, 0.29) is 23.5 Å². The van der Waals surface area contributed by atoms with Crippen LogP contribution in [0.15, 0.2) is 12.1 Å². The minimum absolute atomic E-state index is 0.0439. The highest BCUT2D eigenvalue weighted by Gasteiger charge is 2.16. The molecule has 0 bridgehead atoms. The number of aromatic nitrogens is 1. The largest absolute Gasteiger partial charge is 0.358 e. The molecule has 17 heavy (non-hydrogen) atoms. The highest BCUT2D eigenvalue weighted by Crippen LogP contribution is 2.10. The molecular formula is C10H14BrN3O3. The van der Waals surface area contributed by atoms with Gasteiger partial charge in [0.15, 0.2) is 5.69 Å². The molecule has 6 nitrogen and oxygen atoms in total. The van der Waals surface area contributed by atoms with Crippen molar-refractivity contribution in [1.29, 1.82) is 0 Å². The van der Waals surface area contributed by atoms with Gasteiger partial charge in [-0.15, -0.1) is 0 Å². The van der Waals surface area contributed by atoms with Gasteiger partial charge in [0.1, 0.15) is 0 Å². The summed E-state index contributed by atoms with van der Waals surface area (Å²) in [6.45, 7) is 1.90. The molecule has 1 amide bonds. The zero-order valence-electron chi connectivity index (χ0n) is 9.40. The van der Waals surface area contributed by atoms with Crippen molar-refractivity contribution in [2.45, 2.75) is 25.8 Å². The molecule has 0 radical (unpaired) electrons. The highest BCUT2D eigenvalue weighted by molar-refractivity contribution is 9.09. The topological polar surface area (TPSA) is 88.0 Å². The van der Waals surface area contributed by atoms with Crippen LogP contribution in [0.1, 0.15) is 30.3 Å². The second-order valence-electron chi connectivity index (χ2n) is 3.72. The Kier molecular flexibility index (Phi) is 5.14. The lowest BCUT2D eigenvalue weighted by molar-refractivity contribution is -0.389. The van der Waals surface area contributed by atoms with E-state index >= 15 is 0 Å². The molecule has 94 valence electrons. The Hall–Kier alpha value is -1.37. The van der Waals surface area contributed by atoms with Crippen LogP contribution in [0.25, 0.3) is 0 Å². The summed E-state index contributed by atoms with van der Waals surface area (Å²) in [6.07, 6.45) is 1.83. The monoisotopic (exact) mass is 303 g/mol. The van der Waals surface area contributed by atoms with Crippen molar-refractivity contribution >= 4 is 27.7 Å². The van der Waals surface area contributed by atoms with Crippen LogP contribution in [-0.2, 0) is 0 Å². The van der Waals surface area contributed by atoms with Crippen LogP contribution >= 0.6 is 15.9 Å². The summed E-state index contributed by atoms with van der Waals surface area (Å²) in [6, 6.07) is 2.73. The van der Waals surface area contributed by atoms with E-state index in [1.165, 1.54) is 12.1 Å². The van der Waals surface area contributed by atoms with Crippen molar-refractivity contribution in [2.75, 3.05) is 5.33 Å². The minimum Gasteiger partial charge on any atom is -0.358 e. The number of hydrogen-bond donors (Lipinski definition) is 2. The lowest BCUT2D eigenvalue weighted by atomic mass is 10.2. The first-order chi connectivity index (χ1) is 8.04. The van der Waals surface area contributed by atoms with E-state index in [9.17, 15) is 14.9 Å². The molecule has 1 heterocycles. The number of amides is 1. The van der Waals surface area contributed by atoms with Gasteiger partial charge in [-0.2, -0.15) is 0 Å². The molecule has 0 aliphatic rings. The molecular weight excluding hydrogens is 290 g/mol. The summed E-state index contributed by atoms with van der Waals surface area (Å²) in [5.41, 5.74) is 0.211. The van der Waals surface area contributed by atoms with Gasteiger partial charge in [0.05, 0.1) is 0 Å². The summed E-state index contributed by atoms with van der Waals surface area (Å²) in [7, 11) is 0. The number of alkyl halides is 1. The Balaban J connectivity index is 2.54. The average molecular weight is 304 g/mol. The third-order valence-electron chi connectivity index (χ3n) is 2.26. The van der Waals surface area contributed by atoms with Gasteiger partial charge in [-0.3, -0.25) is 4.79 Å². The first kappa shape index (κ1) is 13.7. The number of carbonyl (C=O) groups is 1. The second-order valence-corrected chi connectivity index (χ2v) is 4.51. The van der Waals surface area contributed by atoms with Gasteiger partial charge in [0.2, 0.25) is 0 Å². The van der Waals surface area contributed by atoms with E-state index in [4.69, 9.17) is 0 Å². The highest BCUT2D eigenvalue weighted by atomic mass is 79.9. The van der Waals surface area contributed by atoms with Crippen molar-refractivity contribution in [3.05, 3.63) is 27.9 Å². The molecule has 1 aromatic rings. The van der Waals surface area contributed by atoms with Crippen LogP contribution in [0.2, 0.25) is 0 Å². The van der Waals surface area contributed by atoms with Gasteiger partial charge in [-0.05, 0) is 30.8 Å². The fraction of sp³-hybridized carbons (Fsp3) is 0.500. The molecule has 1 rings (SSSR count). The van der Waals surface area contributed by atoms with E-state index in [0.29, 0.717) is 0 Å². The third kappa shape index (κ3) is 4.18. The van der Waals surface area contributed by atoms with E-state index < -0.39 is 4.92 Å². The summed E-state index contributed by atoms with van der Waals surface area (Å²) < 4.78 is 0. The van der Waals surface area contributed by atoms with Crippen molar-refractivity contribution in [2.24, 2.45) is 0 Å². The average Bonchev–Trinajstić information content (AvgIpc) is 2.75. The lowest BCUT2D eigenvalue weighted by Crippen LogP contribution is -2.32. The Morgan fingerprint density at radius 3 is 2.88 bits per heavy atom. The molecule has 0 aromatic carbocycles. The molecule has 1 aromatic heterocycles. The van der Waals surface area contributed by atoms with Crippen LogP contribution < -0.4 is 5.32 Å². The van der Waals surface area contributed by atoms with Crippen molar-refractivity contribution in [1.82, 2.24) is 10.3 Å². The number of aromatic amines is 1. The number of rotatable bonds is 6. The fourth-order valence-electron chi connectivity index (χ4n) is 1.38. The summed E-state index contributed by atoms with van der Waals surface area (Å²) in [4.78, 5) is 24.0. The molecule has 2 N–H and O–H groups in total. The standard InChI is InChI=1S/C10H14BrN3O3/c1-7(3-2-6-11)12-10(15)8-4-5-9(13-8)14(16)17/h4-5,7,13H,2-3,6H2,1H3,(H,12,15). The predicted octanol–water partition coefficient (Wildman–Crippen LogP) is 2.22. The minimum atomic E-state index is -0.564. The number of nitrogens with one attached hydrogen (secondary N) is 2. The Bertz CT molecular complexity index is 405. The second kappa shape index (κ2) is 6.39. The zero-order chi connectivity index (χ0) is 12.8. The van der Waals surface area contributed by atoms with Gasteiger partial charge in [0, 0.05) is 17.4 Å². The Morgan fingerprint density at radius 1 is 1.65 bits per heavy atom. The first-order valence-electron chi connectivity index (χ1n) is 5.25. The molecule has 7 heteroatoms. The van der Waals surface area contributed by atoms with Gasteiger partial charge in [0.25, 0.3) is 5.91 Å². The van der Waals surface area contributed by atoms with E-state index in [2.05, 4.69) is 26.2 Å². The van der Waals surface area contributed by atoms with Crippen LogP contribution in [0, 0.1) is 10.1 Å². The number of halogens is 1. The molecule has 0 saturated heterocycles.